The molecule has 0 aliphatic heterocycles. The van der Waals surface area contributed by atoms with E-state index in [1.54, 1.807) is 0 Å². The van der Waals surface area contributed by atoms with Gasteiger partial charge in [-0.2, -0.15) is 0 Å². The molecule has 0 aromatic carbocycles. The molecule has 0 radical (unpaired) electrons. The third-order valence-corrected chi connectivity index (χ3v) is 3.92. The first-order valence-electron chi connectivity index (χ1n) is 5.11. The van der Waals surface area contributed by atoms with Crippen LogP contribution < -0.4 is 11.3 Å². The van der Waals surface area contributed by atoms with Crippen molar-refractivity contribution in [1.82, 2.24) is 9.97 Å². The summed E-state index contributed by atoms with van der Waals surface area (Å²) in [4.78, 5) is 17.8. The van der Waals surface area contributed by atoms with E-state index < -0.39 is 0 Å². The lowest BCUT2D eigenvalue weighted by Crippen LogP contribution is -2.18. The molecule has 1 heterocycles. The Morgan fingerprint density at radius 1 is 1.69 bits per heavy atom. The number of rotatable bonds is 5. The second-order valence-electron chi connectivity index (χ2n) is 4.23. The first-order valence-corrected chi connectivity index (χ1v) is 6.09. The average molecular weight is 238 g/mol. The van der Waals surface area contributed by atoms with E-state index in [1.165, 1.54) is 24.0 Å². The maximum atomic E-state index is 11.0. The number of amidine groups is 1. The molecule has 86 valence electrons. The van der Waals surface area contributed by atoms with Gasteiger partial charge in [-0.1, -0.05) is 11.8 Å². The number of nitrogens with one attached hydrogen (secondary N) is 2. The summed E-state index contributed by atoms with van der Waals surface area (Å²) in [7, 11) is 0. The van der Waals surface area contributed by atoms with Crippen molar-refractivity contribution < 1.29 is 0 Å². The van der Waals surface area contributed by atoms with Crippen molar-refractivity contribution in [1.29, 1.82) is 5.41 Å². The van der Waals surface area contributed by atoms with E-state index in [1.807, 2.05) is 0 Å². The monoisotopic (exact) mass is 238 g/mol. The largest absolute Gasteiger partial charge is 0.388 e. The fraction of sp³-hybridized carbons (Fsp3) is 0.500. The zero-order valence-corrected chi connectivity index (χ0v) is 9.64. The van der Waals surface area contributed by atoms with Crippen LogP contribution in [-0.4, -0.2) is 21.6 Å². The van der Waals surface area contributed by atoms with Crippen molar-refractivity contribution >= 4 is 17.6 Å². The first-order chi connectivity index (χ1) is 7.60. The van der Waals surface area contributed by atoms with Crippen LogP contribution in [0.5, 0.6) is 0 Å². The predicted octanol–water partition coefficient (Wildman–Crippen LogP) is 0.968. The third kappa shape index (κ3) is 2.85. The molecule has 5 nitrogen and oxygen atoms in total. The molecule has 0 spiro atoms. The quantitative estimate of drug-likeness (QED) is 0.308. The summed E-state index contributed by atoms with van der Waals surface area (Å²) < 4.78 is 0. The lowest BCUT2D eigenvalue weighted by molar-refractivity contribution is 0.611. The van der Waals surface area contributed by atoms with E-state index in [4.69, 9.17) is 11.1 Å². The molecule has 1 aliphatic carbocycles. The summed E-state index contributed by atoms with van der Waals surface area (Å²) >= 11 is 1.53. The highest BCUT2D eigenvalue weighted by atomic mass is 32.2. The van der Waals surface area contributed by atoms with Gasteiger partial charge in [0.25, 0.3) is 5.56 Å². The van der Waals surface area contributed by atoms with Gasteiger partial charge in [-0.15, -0.1) is 0 Å². The minimum atomic E-state index is -0.131. The fourth-order valence-corrected chi connectivity index (χ4v) is 2.74. The van der Waals surface area contributed by atoms with E-state index >= 15 is 0 Å². The van der Waals surface area contributed by atoms with Crippen LogP contribution in [0, 0.1) is 10.8 Å². The molecule has 0 saturated heterocycles. The molecule has 6 heteroatoms. The molecule has 0 amide bonds. The molecule has 1 aliphatic rings. The van der Waals surface area contributed by atoms with Crippen LogP contribution in [0.25, 0.3) is 0 Å². The van der Waals surface area contributed by atoms with Gasteiger partial charge in [-0.05, 0) is 18.3 Å². The Morgan fingerprint density at radius 2 is 2.44 bits per heavy atom. The maximum Gasteiger partial charge on any atom is 0.251 e. The minimum Gasteiger partial charge on any atom is -0.388 e. The number of aromatic amines is 1. The normalized spacial score (nSPS) is 17.0. The van der Waals surface area contributed by atoms with E-state index in [9.17, 15) is 4.79 Å². The van der Waals surface area contributed by atoms with Crippen LogP contribution in [0.2, 0.25) is 0 Å². The highest BCUT2D eigenvalue weighted by Gasteiger charge is 2.42. The van der Waals surface area contributed by atoms with Gasteiger partial charge < -0.3 is 10.7 Å². The van der Waals surface area contributed by atoms with Crippen molar-refractivity contribution in [3.8, 4) is 0 Å². The van der Waals surface area contributed by atoms with Crippen LogP contribution >= 0.6 is 11.8 Å². The van der Waals surface area contributed by atoms with Crippen LogP contribution in [0.3, 0.4) is 0 Å². The molecule has 1 aromatic rings. The Morgan fingerprint density at radius 3 is 3.00 bits per heavy atom. The Kier molecular flexibility index (Phi) is 3.00. The average Bonchev–Trinajstić information content (AvgIpc) is 2.95. The number of nitrogens with zero attached hydrogens (tertiary/aromatic N) is 1. The summed E-state index contributed by atoms with van der Waals surface area (Å²) in [6.07, 6.45) is 4.37. The van der Waals surface area contributed by atoms with Crippen LogP contribution in [0.15, 0.2) is 22.2 Å². The standard InChI is InChI=1S/C10H14N4OS/c11-7(12)5-10(2-3-10)6-16-9-13-4-1-8(15)14-9/h1,4H,2-3,5-6H2,(H3,11,12)(H,13,14,15). The van der Waals surface area contributed by atoms with Crippen molar-refractivity contribution in [2.45, 2.75) is 24.4 Å². The van der Waals surface area contributed by atoms with E-state index in [0.29, 0.717) is 11.6 Å². The topological polar surface area (TPSA) is 95.6 Å². The molecular weight excluding hydrogens is 224 g/mol. The second kappa shape index (κ2) is 4.29. The highest BCUT2D eigenvalue weighted by molar-refractivity contribution is 7.99. The van der Waals surface area contributed by atoms with Crippen molar-refractivity contribution in [2.75, 3.05) is 5.75 Å². The van der Waals surface area contributed by atoms with Gasteiger partial charge >= 0.3 is 0 Å². The van der Waals surface area contributed by atoms with Gasteiger partial charge in [0.2, 0.25) is 0 Å². The lowest BCUT2D eigenvalue weighted by atomic mass is 10.1. The van der Waals surface area contributed by atoms with E-state index in [-0.39, 0.29) is 16.8 Å². The molecule has 0 atom stereocenters. The van der Waals surface area contributed by atoms with Crippen LogP contribution in [0.1, 0.15) is 19.3 Å². The summed E-state index contributed by atoms with van der Waals surface area (Å²) in [5.41, 5.74) is 5.45. The highest BCUT2D eigenvalue weighted by Crippen LogP contribution is 2.51. The molecule has 16 heavy (non-hydrogen) atoms. The minimum absolute atomic E-state index is 0.131. The van der Waals surface area contributed by atoms with Gasteiger partial charge in [-0.3, -0.25) is 10.2 Å². The zero-order chi connectivity index (χ0) is 11.6. The fourth-order valence-electron chi connectivity index (χ4n) is 1.60. The van der Waals surface area contributed by atoms with Crippen molar-refractivity contribution in [3.63, 3.8) is 0 Å². The summed E-state index contributed by atoms with van der Waals surface area (Å²) in [5, 5.41) is 7.94. The first kappa shape index (κ1) is 11.2. The molecule has 1 saturated carbocycles. The van der Waals surface area contributed by atoms with Gasteiger partial charge in [-0.25, -0.2) is 4.98 Å². The lowest BCUT2D eigenvalue weighted by Gasteiger charge is -2.12. The van der Waals surface area contributed by atoms with E-state index in [2.05, 4.69) is 9.97 Å². The summed E-state index contributed by atoms with van der Waals surface area (Å²) in [6, 6.07) is 1.40. The smallest absolute Gasteiger partial charge is 0.251 e. The van der Waals surface area contributed by atoms with E-state index in [0.717, 1.165) is 18.6 Å². The second-order valence-corrected chi connectivity index (χ2v) is 5.19. The van der Waals surface area contributed by atoms with Crippen molar-refractivity contribution in [3.05, 3.63) is 22.6 Å². The van der Waals surface area contributed by atoms with Crippen LogP contribution in [-0.2, 0) is 0 Å². The third-order valence-electron chi connectivity index (χ3n) is 2.69. The Balaban J connectivity index is 1.92. The molecule has 1 fully saturated rings. The zero-order valence-electron chi connectivity index (χ0n) is 8.82. The SMILES string of the molecule is N=C(N)CC1(CSc2nccc(=O)[nH]2)CC1. The molecule has 1 aromatic heterocycles. The van der Waals surface area contributed by atoms with Crippen molar-refractivity contribution in [2.24, 2.45) is 11.1 Å². The number of hydrogen-bond donors (Lipinski definition) is 3. The molecule has 0 unspecified atom stereocenters. The Bertz CT molecular complexity index is 452. The predicted molar refractivity (Wildman–Crippen MR) is 63.8 cm³/mol. The molecule has 2 rings (SSSR count). The summed E-state index contributed by atoms with van der Waals surface area (Å²) in [5.74, 6) is 1.10. The Hall–Kier alpha value is -1.30. The maximum absolute atomic E-state index is 11.0. The number of aromatic nitrogens is 2. The van der Waals surface area contributed by atoms with Gasteiger partial charge in [0.15, 0.2) is 5.16 Å². The van der Waals surface area contributed by atoms with Gasteiger partial charge in [0.05, 0.1) is 5.84 Å². The number of H-pyrrole nitrogens is 1. The molecule has 4 N–H and O–H groups in total. The van der Waals surface area contributed by atoms with Gasteiger partial charge in [0.1, 0.15) is 0 Å². The number of thioether (sulfide) groups is 1. The van der Waals surface area contributed by atoms with Gasteiger partial charge in [0, 0.05) is 24.4 Å². The summed E-state index contributed by atoms with van der Waals surface area (Å²) in [6.45, 7) is 0. The number of hydrogen-bond acceptors (Lipinski definition) is 4. The molecule has 0 bridgehead atoms. The Labute approximate surface area is 97.4 Å². The number of nitrogens with two attached hydrogens (primary N) is 1. The molecular formula is C10H14N4OS. The van der Waals surface area contributed by atoms with Crippen LogP contribution in [0.4, 0.5) is 0 Å².